The van der Waals surface area contributed by atoms with Gasteiger partial charge in [0.15, 0.2) is 5.17 Å². The first kappa shape index (κ1) is 20.2. The van der Waals surface area contributed by atoms with Crippen LogP contribution in [0.5, 0.6) is 5.75 Å². The highest BCUT2D eigenvalue weighted by Crippen LogP contribution is 2.43. The summed E-state index contributed by atoms with van der Waals surface area (Å²) in [5.74, 6) is -0.247. The van der Waals surface area contributed by atoms with Crippen LogP contribution >= 0.6 is 11.8 Å². The minimum Gasteiger partial charge on any atom is -0.406 e. The molecular weight excluding hydrogens is 413 g/mol. The highest BCUT2D eigenvalue weighted by atomic mass is 32.2. The van der Waals surface area contributed by atoms with Gasteiger partial charge in [-0.3, -0.25) is 4.99 Å². The summed E-state index contributed by atoms with van der Waals surface area (Å²) < 4.78 is 41.1. The second kappa shape index (κ2) is 8.35. The number of hydrogen-bond acceptors (Lipinski definition) is 6. The van der Waals surface area contributed by atoms with Gasteiger partial charge >= 0.3 is 6.36 Å². The van der Waals surface area contributed by atoms with E-state index >= 15 is 0 Å². The lowest BCUT2D eigenvalue weighted by molar-refractivity contribution is -0.274. The maximum Gasteiger partial charge on any atom is 0.573 e. The standard InChI is InChI=1S/C21H17F3N4OS/c22-21(23,24)29-17-6-4-13(5-7-17)19-9-18(28-20(25)30-19)15-3-1-2-14(8-15)16-10-26-12-27-11-16/h1-8,10-12,18-19H,9H2,(H2,25,28). The first-order valence-electron chi connectivity index (χ1n) is 9.08. The van der Waals surface area contributed by atoms with Crippen LogP contribution in [0.25, 0.3) is 11.1 Å². The number of halogens is 3. The molecule has 0 amide bonds. The molecule has 2 unspecified atom stereocenters. The molecule has 0 bridgehead atoms. The number of aromatic nitrogens is 2. The van der Waals surface area contributed by atoms with Crippen LogP contribution in [0.15, 0.2) is 72.2 Å². The second-order valence-electron chi connectivity index (χ2n) is 6.69. The number of thioether (sulfide) groups is 1. The molecule has 0 saturated heterocycles. The summed E-state index contributed by atoms with van der Waals surface area (Å²) in [4.78, 5) is 12.7. The number of hydrogen-bond donors (Lipinski definition) is 1. The predicted molar refractivity (Wildman–Crippen MR) is 110 cm³/mol. The van der Waals surface area contributed by atoms with E-state index in [9.17, 15) is 13.2 Å². The van der Waals surface area contributed by atoms with Crippen molar-refractivity contribution in [2.75, 3.05) is 0 Å². The normalized spacial score (nSPS) is 19.2. The van der Waals surface area contributed by atoms with Crippen LogP contribution < -0.4 is 10.5 Å². The maximum atomic E-state index is 12.4. The van der Waals surface area contributed by atoms with Crippen molar-refractivity contribution in [3.63, 3.8) is 0 Å². The Labute approximate surface area is 175 Å². The molecule has 2 heterocycles. The number of nitrogens with zero attached hydrogens (tertiary/aromatic N) is 3. The molecule has 5 nitrogen and oxygen atoms in total. The van der Waals surface area contributed by atoms with Gasteiger partial charge in [-0.15, -0.1) is 13.2 Å². The SMILES string of the molecule is NC1=NC(c2cccc(-c3cncnc3)c2)CC(c2ccc(OC(F)(F)F)cc2)S1. The molecule has 9 heteroatoms. The summed E-state index contributed by atoms with van der Waals surface area (Å²) >= 11 is 1.40. The van der Waals surface area contributed by atoms with E-state index in [4.69, 9.17) is 5.73 Å². The molecule has 1 aromatic heterocycles. The van der Waals surface area contributed by atoms with Crippen LogP contribution in [-0.4, -0.2) is 21.5 Å². The largest absolute Gasteiger partial charge is 0.573 e. The molecule has 2 atom stereocenters. The van der Waals surface area contributed by atoms with E-state index in [0.717, 1.165) is 22.3 Å². The molecule has 0 saturated carbocycles. The summed E-state index contributed by atoms with van der Waals surface area (Å²) in [5, 5.41) is 0.413. The Morgan fingerprint density at radius 1 is 0.967 bits per heavy atom. The van der Waals surface area contributed by atoms with Gasteiger partial charge in [-0.05, 0) is 41.3 Å². The fourth-order valence-corrected chi connectivity index (χ4v) is 4.36. The van der Waals surface area contributed by atoms with Crippen LogP contribution in [0.4, 0.5) is 13.2 Å². The van der Waals surface area contributed by atoms with Crippen LogP contribution in [-0.2, 0) is 0 Å². The minimum absolute atomic E-state index is 0.0313. The highest BCUT2D eigenvalue weighted by Gasteiger charge is 2.31. The lowest BCUT2D eigenvalue weighted by Gasteiger charge is -2.27. The molecule has 2 aromatic carbocycles. The molecule has 154 valence electrons. The van der Waals surface area contributed by atoms with Gasteiger partial charge in [0.1, 0.15) is 12.1 Å². The van der Waals surface area contributed by atoms with E-state index in [-0.39, 0.29) is 17.0 Å². The van der Waals surface area contributed by atoms with Gasteiger partial charge in [-0.1, -0.05) is 42.1 Å². The van der Waals surface area contributed by atoms with Crippen molar-refractivity contribution in [3.8, 4) is 16.9 Å². The third-order valence-electron chi connectivity index (χ3n) is 4.63. The van der Waals surface area contributed by atoms with E-state index in [1.165, 1.54) is 30.2 Å². The third-order valence-corrected chi connectivity index (χ3v) is 5.73. The molecule has 0 spiro atoms. The Morgan fingerprint density at radius 3 is 2.40 bits per heavy atom. The first-order valence-corrected chi connectivity index (χ1v) is 9.96. The Hall–Kier alpha value is -3.07. The van der Waals surface area contributed by atoms with Gasteiger partial charge < -0.3 is 10.5 Å². The lowest BCUT2D eigenvalue weighted by Crippen LogP contribution is -2.19. The van der Waals surface area contributed by atoms with Crippen LogP contribution in [0.2, 0.25) is 0 Å². The Kier molecular flexibility index (Phi) is 5.63. The van der Waals surface area contributed by atoms with Crippen molar-refractivity contribution in [2.45, 2.75) is 24.1 Å². The maximum absolute atomic E-state index is 12.4. The van der Waals surface area contributed by atoms with Crippen molar-refractivity contribution in [1.29, 1.82) is 0 Å². The lowest BCUT2D eigenvalue weighted by atomic mass is 9.96. The molecule has 0 radical (unpaired) electrons. The van der Waals surface area contributed by atoms with Gasteiger partial charge in [0.25, 0.3) is 0 Å². The van der Waals surface area contributed by atoms with E-state index in [0.29, 0.717) is 11.6 Å². The second-order valence-corrected chi connectivity index (χ2v) is 7.92. The van der Waals surface area contributed by atoms with Crippen LogP contribution in [0.3, 0.4) is 0 Å². The molecule has 2 N–H and O–H groups in total. The van der Waals surface area contributed by atoms with Crippen LogP contribution in [0, 0.1) is 0 Å². The zero-order valence-corrected chi connectivity index (χ0v) is 16.4. The third kappa shape index (κ3) is 4.91. The Morgan fingerprint density at radius 2 is 1.70 bits per heavy atom. The molecule has 1 aliphatic rings. The Bertz CT molecular complexity index is 1040. The molecule has 4 rings (SSSR count). The number of benzene rings is 2. The van der Waals surface area contributed by atoms with Crippen molar-refractivity contribution in [3.05, 3.63) is 78.4 Å². The molecule has 3 aromatic rings. The fraction of sp³-hybridized carbons (Fsp3) is 0.190. The van der Waals surface area contributed by atoms with Gasteiger partial charge in [-0.2, -0.15) is 0 Å². The predicted octanol–water partition coefficient (Wildman–Crippen LogP) is 5.28. The summed E-state index contributed by atoms with van der Waals surface area (Å²) in [5.41, 5.74) is 9.82. The summed E-state index contributed by atoms with van der Waals surface area (Å²) in [6, 6.07) is 13.7. The molecule has 30 heavy (non-hydrogen) atoms. The topological polar surface area (TPSA) is 73.4 Å². The number of aliphatic imine (C=N–C) groups is 1. The highest BCUT2D eigenvalue weighted by molar-refractivity contribution is 8.14. The fourth-order valence-electron chi connectivity index (χ4n) is 3.31. The molecule has 0 aliphatic carbocycles. The average Bonchev–Trinajstić information content (AvgIpc) is 2.73. The number of ether oxygens (including phenoxy) is 1. The molecule has 0 fully saturated rings. The van der Waals surface area contributed by atoms with Crippen molar-refractivity contribution < 1.29 is 17.9 Å². The summed E-state index contributed by atoms with van der Waals surface area (Å²) in [7, 11) is 0. The average molecular weight is 430 g/mol. The zero-order valence-electron chi connectivity index (χ0n) is 15.6. The minimum atomic E-state index is -4.71. The number of rotatable bonds is 4. The first-order chi connectivity index (χ1) is 14.4. The molecular formula is C21H17F3N4OS. The summed E-state index contributed by atoms with van der Waals surface area (Å²) in [6.45, 7) is 0. The van der Waals surface area contributed by atoms with Crippen LogP contribution in [0.1, 0.15) is 28.8 Å². The Balaban J connectivity index is 1.55. The quantitative estimate of drug-likeness (QED) is 0.610. The number of alkyl halides is 3. The van der Waals surface area contributed by atoms with Gasteiger partial charge in [0.05, 0.1) is 6.04 Å². The van der Waals surface area contributed by atoms with Crippen molar-refractivity contribution in [1.82, 2.24) is 9.97 Å². The van der Waals surface area contributed by atoms with Crippen molar-refractivity contribution >= 4 is 16.9 Å². The molecule has 1 aliphatic heterocycles. The van der Waals surface area contributed by atoms with E-state index in [1.54, 1.807) is 24.5 Å². The number of nitrogens with two attached hydrogens (primary N) is 1. The zero-order chi connectivity index (χ0) is 21.1. The number of amidine groups is 1. The van der Waals surface area contributed by atoms with E-state index in [1.807, 2.05) is 24.3 Å². The monoisotopic (exact) mass is 430 g/mol. The van der Waals surface area contributed by atoms with Gasteiger partial charge in [-0.25, -0.2) is 9.97 Å². The van der Waals surface area contributed by atoms with E-state index in [2.05, 4.69) is 19.7 Å². The van der Waals surface area contributed by atoms with Crippen molar-refractivity contribution in [2.24, 2.45) is 10.7 Å². The summed E-state index contributed by atoms with van der Waals surface area (Å²) in [6.07, 6.45) is 0.922. The van der Waals surface area contributed by atoms with Gasteiger partial charge in [0, 0.05) is 23.2 Å². The smallest absolute Gasteiger partial charge is 0.406 e. The van der Waals surface area contributed by atoms with Gasteiger partial charge in [0.2, 0.25) is 0 Å². The van der Waals surface area contributed by atoms with E-state index < -0.39 is 6.36 Å².